The molecule has 5 nitrogen and oxygen atoms in total. The van der Waals surface area contributed by atoms with Crippen molar-refractivity contribution in [3.05, 3.63) is 29.8 Å². The van der Waals surface area contributed by atoms with Gasteiger partial charge in [-0.2, -0.15) is 0 Å². The zero-order valence-electron chi connectivity index (χ0n) is 13.4. The van der Waals surface area contributed by atoms with Crippen molar-refractivity contribution in [1.29, 1.82) is 0 Å². The van der Waals surface area contributed by atoms with Gasteiger partial charge in [0.05, 0.1) is 0 Å². The first-order chi connectivity index (χ1) is 10.6. The SMILES string of the molecule is CC(=O)Nc1ccc(C(=O)N2CCC3(CCNC3)CC2)cc1.Cl. The molecule has 2 heterocycles. The summed E-state index contributed by atoms with van der Waals surface area (Å²) in [5.74, 6) is -0.0132. The lowest BCUT2D eigenvalue weighted by molar-refractivity contribution is -0.114. The monoisotopic (exact) mass is 337 g/mol. The molecule has 2 saturated heterocycles. The molecule has 1 aromatic carbocycles. The summed E-state index contributed by atoms with van der Waals surface area (Å²) in [5.41, 5.74) is 1.83. The Morgan fingerprint density at radius 3 is 2.30 bits per heavy atom. The van der Waals surface area contributed by atoms with E-state index < -0.39 is 0 Å². The van der Waals surface area contributed by atoms with E-state index in [2.05, 4.69) is 10.6 Å². The third kappa shape index (κ3) is 4.03. The van der Waals surface area contributed by atoms with Gasteiger partial charge in [-0.05, 0) is 55.5 Å². The first kappa shape index (κ1) is 17.8. The minimum Gasteiger partial charge on any atom is -0.339 e. The summed E-state index contributed by atoms with van der Waals surface area (Å²) >= 11 is 0. The number of hydrogen-bond acceptors (Lipinski definition) is 3. The van der Waals surface area contributed by atoms with Gasteiger partial charge in [-0.25, -0.2) is 0 Å². The van der Waals surface area contributed by atoms with Crippen molar-refractivity contribution in [2.45, 2.75) is 26.2 Å². The molecule has 23 heavy (non-hydrogen) atoms. The molecule has 2 amide bonds. The minimum absolute atomic E-state index is 0. The number of anilines is 1. The molecule has 3 rings (SSSR count). The van der Waals surface area contributed by atoms with Gasteiger partial charge in [-0.1, -0.05) is 0 Å². The number of hydrogen-bond donors (Lipinski definition) is 2. The molecule has 2 aliphatic rings. The van der Waals surface area contributed by atoms with Crippen molar-refractivity contribution >= 4 is 29.9 Å². The predicted octanol–water partition coefficient (Wildman–Crippen LogP) is 2.28. The highest BCUT2D eigenvalue weighted by Gasteiger charge is 2.38. The summed E-state index contributed by atoms with van der Waals surface area (Å²) in [6.45, 7) is 5.36. The van der Waals surface area contributed by atoms with Crippen LogP contribution in [0, 0.1) is 5.41 Å². The van der Waals surface area contributed by atoms with Gasteiger partial charge in [0, 0.05) is 37.8 Å². The Kier molecular flexibility index (Phi) is 5.65. The van der Waals surface area contributed by atoms with Crippen LogP contribution in [0.2, 0.25) is 0 Å². The fraction of sp³-hybridized carbons (Fsp3) is 0.529. The molecule has 2 fully saturated rings. The Morgan fingerprint density at radius 1 is 1.13 bits per heavy atom. The van der Waals surface area contributed by atoms with Crippen molar-refractivity contribution in [2.24, 2.45) is 5.41 Å². The third-order valence-electron chi connectivity index (χ3n) is 4.90. The van der Waals surface area contributed by atoms with Gasteiger partial charge in [0.25, 0.3) is 5.91 Å². The van der Waals surface area contributed by atoms with Gasteiger partial charge < -0.3 is 15.5 Å². The van der Waals surface area contributed by atoms with Crippen LogP contribution in [0.1, 0.15) is 36.5 Å². The maximum Gasteiger partial charge on any atom is 0.253 e. The zero-order valence-corrected chi connectivity index (χ0v) is 14.2. The highest BCUT2D eigenvalue weighted by atomic mass is 35.5. The highest BCUT2D eigenvalue weighted by Crippen LogP contribution is 2.37. The van der Waals surface area contributed by atoms with Crippen LogP contribution in [0.3, 0.4) is 0 Å². The fourth-order valence-corrected chi connectivity index (χ4v) is 3.49. The number of nitrogens with one attached hydrogen (secondary N) is 2. The lowest BCUT2D eigenvalue weighted by Crippen LogP contribution is -2.44. The topological polar surface area (TPSA) is 61.4 Å². The lowest BCUT2D eigenvalue weighted by Gasteiger charge is -2.38. The smallest absolute Gasteiger partial charge is 0.253 e. The number of carbonyl (C=O) groups is 2. The van der Waals surface area contributed by atoms with Gasteiger partial charge in [0.1, 0.15) is 0 Å². The predicted molar refractivity (Wildman–Crippen MR) is 93.1 cm³/mol. The van der Waals surface area contributed by atoms with E-state index in [1.54, 1.807) is 24.3 Å². The largest absolute Gasteiger partial charge is 0.339 e. The maximum atomic E-state index is 12.6. The summed E-state index contributed by atoms with van der Waals surface area (Å²) in [4.78, 5) is 25.5. The van der Waals surface area contributed by atoms with Crippen molar-refractivity contribution in [3.63, 3.8) is 0 Å². The molecule has 0 bridgehead atoms. The quantitative estimate of drug-likeness (QED) is 0.870. The van der Waals surface area contributed by atoms with Crippen LogP contribution < -0.4 is 10.6 Å². The molecular formula is C17H24ClN3O2. The molecule has 0 atom stereocenters. The first-order valence-corrected chi connectivity index (χ1v) is 7.96. The summed E-state index contributed by atoms with van der Waals surface area (Å²) in [6.07, 6.45) is 3.42. The number of nitrogens with zero attached hydrogens (tertiary/aromatic N) is 1. The Hall–Kier alpha value is -1.59. The van der Waals surface area contributed by atoms with Gasteiger partial charge in [0.15, 0.2) is 0 Å². The van der Waals surface area contributed by atoms with Crippen molar-refractivity contribution in [1.82, 2.24) is 10.2 Å². The summed E-state index contributed by atoms with van der Waals surface area (Å²) < 4.78 is 0. The van der Waals surface area contributed by atoms with Crippen LogP contribution >= 0.6 is 12.4 Å². The molecule has 0 aromatic heterocycles. The molecule has 2 aliphatic heterocycles. The van der Waals surface area contributed by atoms with E-state index >= 15 is 0 Å². The molecule has 1 spiro atoms. The molecular weight excluding hydrogens is 314 g/mol. The van der Waals surface area contributed by atoms with Gasteiger partial charge >= 0.3 is 0 Å². The second kappa shape index (κ2) is 7.32. The number of rotatable bonds is 2. The molecule has 0 saturated carbocycles. The van der Waals surface area contributed by atoms with E-state index in [0.717, 1.165) is 44.7 Å². The normalized spacial score (nSPS) is 19.3. The maximum absolute atomic E-state index is 12.6. The van der Waals surface area contributed by atoms with E-state index in [4.69, 9.17) is 0 Å². The van der Waals surface area contributed by atoms with Gasteiger partial charge in [-0.3, -0.25) is 9.59 Å². The van der Waals surface area contributed by atoms with Gasteiger partial charge in [0.2, 0.25) is 5.91 Å². The number of amides is 2. The number of likely N-dealkylation sites (tertiary alicyclic amines) is 1. The number of piperidine rings is 1. The van der Waals surface area contributed by atoms with E-state index in [9.17, 15) is 9.59 Å². The Bertz CT molecular complexity index is 558. The van der Waals surface area contributed by atoms with Crippen LogP contribution in [0.4, 0.5) is 5.69 Å². The minimum atomic E-state index is -0.106. The van der Waals surface area contributed by atoms with Crippen LogP contribution in [-0.4, -0.2) is 42.9 Å². The standard InChI is InChI=1S/C17H23N3O2.ClH/c1-13(21)19-15-4-2-14(3-5-15)16(22)20-10-7-17(8-11-20)6-9-18-12-17;/h2-5,18H,6-12H2,1H3,(H,19,21);1H. The number of carbonyl (C=O) groups excluding carboxylic acids is 2. The van der Waals surface area contributed by atoms with Gasteiger partial charge in [-0.15, -0.1) is 12.4 Å². The van der Waals surface area contributed by atoms with E-state index in [0.29, 0.717) is 11.0 Å². The van der Waals surface area contributed by atoms with Crippen molar-refractivity contribution in [3.8, 4) is 0 Å². The molecule has 0 aliphatic carbocycles. The van der Waals surface area contributed by atoms with Crippen molar-refractivity contribution < 1.29 is 9.59 Å². The first-order valence-electron chi connectivity index (χ1n) is 7.96. The lowest BCUT2D eigenvalue weighted by atomic mass is 9.78. The number of halogens is 1. The van der Waals surface area contributed by atoms with E-state index in [-0.39, 0.29) is 24.2 Å². The fourth-order valence-electron chi connectivity index (χ4n) is 3.49. The molecule has 126 valence electrons. The second-order valence-corrected chi connectivity index (χ2v) is 6.48. The summed E-state index contributed by atoms with van der Waals surface area (Å²) in [7, 11) is 0. The summed E-state index contributed by atoms with van der Waals surface area (Å²) in [5, 5.41) is 6.15. The second-order valence-electron chi connectivity index (χ2n) is 6.48. The highest BCUT2D eigenvalue weighted by molar-refractivity contribution is 5.95. The Morgan fingerprint density at radius 2 is 1.78 bits per heavy atom. The average molecular weight is 338 g/mol. The van der Waals surface area contributed by atoms with Crippen LogP contribution in [0.25, 0.3) is 0 Å². The number of benzene rings is 1. The summed E-state index contributed by atoms with van der Waals surface area (Å²) in [6, 6.07) is 7.13. The van der Waals surface area contributed by atoms with Crippen LogP contribution in [0.15, 0.2) is 24.3 Å². The Balaban J connectivity index is 0.00000192. The van der Waals surface area contributed by atoms with E-state index in [1.165, 1.54) is 13.3 Å². The Labute approximate surface area is 143 Å². The molecule has 0 radical (unpaired) electrons. The third-order valence-corrected chi connectivity index (χ3v) is 4.90. The van der Waals surface area contributed by atoms with E-state index in [1.807, 2.05) is 4.90 Å². The van der Waals surface area contributed by atoms with Crippen LogP contribution in [-0.2, 0) is 4.79 Å². The van der Waals surface area contributed by atoms with Crippen LogP contribution in [0.5, 0.6) is 0 Å². The molecule has 0 unspecified atom stereocenters. The zero-order chi connectivity index (χ0) is 15.6. The molecule has 2 N–H and O–H groups in total. The molecule has 1 aromatic rings. The molecule has 6 heteroatoms. The average Bonchev–Trinajstić information content (AvgIpc) is 2.96. The van der Waals surface area contributed by atoms with Crippen molar-refractivity contribution in [2.75, 3.05) is 31.5 Å².